The van der Waals surface area contributed by atoms with E-state index in [2.05, 4.69) is 10.5 Å². The lowest BCUT2D eigenvalue weighted by Crippen LogP contribution is -2.09. The maximum atomic E-state index is 10.8. The monoisotopic (exact) mass is 200 g/mol. The van der Waals surface area contributed by atoms with Crippen molar-refractivity contribution < 1.29 is 4.79 Å². The molecule has 5 heteroatoms. The summed E-state index contributed by atoms with van der Waals surface area (Å²) in [6, 6.07) is 1.81. The van der Waals surface area contributed by atoms with Gasteiger partial charge in [0.2, 0.25) is 5.91 Å². The number of hydrazone groups is 1. The number of halogens is 1. The standard InChI is InChI=1S/C7H5ClN2OS/c8-6-1-4(3-12-6)5-2-7(11)10-9-5/h1,3H,2H2,(H,10,11). The van der Waals surface area contributed by atoms with Crippen LogP contribution in [0.4, 0.5) is 0 Å². The van der Waals surface area contributed by atoms with Crippen LogP contribution in [-0.2, 0) is 4.79 Å². The summed E-state index contributed by atoms with van der Waals surface area (Å²) >= 11 is 7.17. The third-order valence-electron chi connectivity index (χ3n) is 1.54. The second-order valence-corrected chi connectivity index (χ2v) is 3.95. The summed E-state index contributed by atoms with van der Waals surface area (Å²) in [7, 11) is 0. The van der Waals surface area contributed by atoms with Crippen molar-refractivity contribution in [2.24, 2.45) is 5.10 Å². The fraction of sp³-hybridized carbons (Fsp3) is 0.143. The summed E-state index contributed by atoms with van der Waals surface area (Å²) in [6.45, 7) is 0. The van der Waals surface area contributed by atoms with Gasteiger partial charge in [0.1, 0.15) is 0 Å². The largest absolute Gasteiger partial charge is 0.273 e. The highest BCUT2D eigenvalue weighted by atomic mass is 35.5. The van der Waals surface area contributed by atoms with Crippen LogP contribution < -0.4 is 5.43 Å². The minimum atomic E-state index is -0.0627. The first-order chi connectivity index (χ1) is 5.75. The number of hydrogen-bond donors (Lipinski definition) is 1. The van der Waals surface area contributed by atoms with Crippen LogP contribution in [-0.4, -0.2) is 11.6 Å². The molecule has 1 aliphatic heterocycles. The highest BCUT2D eigenvalue weighted by Crippen LogP contribution is 2.22. The zero-order chi connectivity index (χ0) is 8.55. The van der Waals surface area contributed by atoms with Gasteiger partial charge in [-0.3, -0.25) is 4.79 Å². The Morgan fingerprint density at radius 2 is 2.50 bits per heavy atom. The Labute approximate surface area is 78.0 Å². The lowest BCUT2D eigenvalue weighted by Gasteiger charge is -1.88. The molecule has 1 amide bonds. The van der Waals surface area contributed by atoms with Crippen LogP contribution in [0.1, 0.15) is 12.0 Å². The average Bonchev–Trinajstić information content (AvgIpc) is 2.58. The molecule has 0 unspecified atom stereocenters. The van der Waals surface area contributed by atoms with E-state index in [1.807, 2.05) is 11.4 Å². The quantitative estimate of drug-likeness (QED) is 0.736. The summed E-state index contributed by atoms with van der Waals surface area (Å²) in [4.78, 5) is 10.8. The maximum absolute atomic E-state index is 10.8. The zero-order valence-corrected chi connectivity index (χ0v) is 7.58. The van der Waals surface area contributed by atoms with Gasteiger partial charge in [-0.05, 0) is 6.07 Å². The van der Waals surface area contributed by atoms with E-state index in [9.17, 15) is 4.79 Å². The first-order valence-electron chi connectivity index (χ1n) is 3.35. The smallest absolute Gasteiger partial charge is 0.246 e. The van der Waals surface area contributed by atoms with Gasteiger partial charge < -0.3 is 0 Å². The lowest BCUT2D eigenvalue weighted by molar-refractivity contribution is -0.119. The number of thiophene rings is 1. The van der Waals surface area contributed by atoms with Crippen LogP contribution >= 0.6 is 22.9 Å². The van der Waals surface area contributed by atoms with Crippen molar-refractivity contribution in [2.75, 3.05) is 0 Å². The second-order valence-electron chi connectivity index (χ2n) is 2.41. The summed E-state index contributed by atoms with van der Waals surface area (Å²) in [6.07, 6.45) is 0.354. The first kappa shape index (κ1) is 7.76. The number of hydrogen-bond acceptors (Lipinski definition) is 3. The van der Waals surface area contributed by atoms with E-state index < -0.39 is 0 Å². The number of rotatable bonds is 1. The van der Waals surface area contributed by atoms with Gasteiger partial charge in [0.25, 0.3) is 0 Å². The van der Waals surface area contributed by atoms with E-state index in [4.69, 9.17) is 11.6 Å². The minimum absolute atomic E-state index is 0.0627. The third kappa shape index (κ3) is 1.35. The Balaban J connectivity index is 2.27. The predicted octanol–water partition coefficient (Wildman–Crippen LogP) is 1.63. The molecule has 0 bridgehead atoms. The SMILES string of the molecule is O=C1CC(c2csc(Cl)c2)=NN1. The van der Waals surface area contributed by atoms with Gasteiger partial charge in [-0.2, -0.15) is 5.10 Å². The molecule has 62 valence electrons. The molecule has 2 heterocycles. The number of carbonyl (C=O) groups is 1. The van der Waals surface area contributed by atoms with Gasteiger partial charge in [-0.1, -0.05) is 11.6 Å². The van der Waals surface area contributed by atoms with Gasteiger partial charge in [-0.25, -0.2) is 5.43 Å². The molecule has 2 rings (SSSR count). The fourth-order valence-corrected chi connectivity index (χ4v) is 1.88. The molecule has 0 spiro atoms. The molecule has 3 nitrogen and oxygen atoms in total. The molecule has 0 aromatic carbocycles. The van der Waals surface area contributed by atoms with E-state index in [1.165, 1.54) is 11.3 Å². The van der Waals surface area contributed by atoms with Crippen molar-refractivity contribution in [3.63, 3.8) is 0 Å². The van der Waals surface area contributed by atoms with Gasteiger partial charge in [0, 0.05) is 10.9 Å². The minimum Gasteiger partial charge on any atom is -0.273 e. The molecule has 0 radical (unpaired) electrons. The van der Waals surface area contributed by atoms with E-state index in [0.29, 0.717) is 10.8 Å². The van der Waals surface area contributed by atoms with E-state index >= 15 is 0 Å². The first-order valence-corrected chi connectivity index (χ1v) is 4.61. The molecular formula is C7H5ClN2OS. The normalized spacial score (nSPS) is 16.1. The molecule has 1 aromatic rings. The highest BCUT2D eigenvalue weighted by Gasteiger charge is 2.16. The van der Waals surface area contributed by atoms with Crippen LogP contribution in [0.15, 0.2) is 16.5 Å². The summed E-state index contributed by atoms with van der Waals surface area (Å²) in [5.41, 5.74) is 4.09. The van der Waals surface area contributed by atoms with Crippen LogP contribution in [0.3, 0.4) is 0 Å². The molecule has 0 aliphatic carbocycles. The topological polar surface area (TPSA) is 41.5 Å². The van der Waals surface area contributed by atoms with Gasteiger partial charge in [0.05, 0.1) is 16.5 Å². The Kier molecular flexibility index (Phi) is 1.86. The van der Waals surface area contributed by atoms with Crippen molar-refractivity contribution in [1.29, 1.82) is 0 Å². The summed E-state index contributed by atoms with van der Waals surface area (Å²) < 4.78 is 0.715. The number of amides is 1. The fourth-order valence-electron chi connectivity index (χ4n) is 0.989. The molecule has 1 aromatic heterocycles. The molecule has 12 heavy (non-hydrogen) atoms. The lowest BCUT2D eigenvalue weighted by atomic mass is 10.1. The molecule has 0 saturated heterocycles. The zero-order valence-electron chi connectivity index (χ0n) is 6.00. The van der Waals surface area contributed by atoms with Crippen molar-refractivity contribution in [2.45, 2.75) is 6.42 Å². The van der Waals surface area contributed by atoms with Crippen molar-refractivity contribution >= 4 is 34.6 Å². The van der Waals surface area contributed by atoms with Crippen molar-refractivity contribution in [3.8, 4) is 0 Å². The highest BCUT2D eigenvalue weighted by molar-refractivity contribution is 7.14. The van der Waals surface area contributed by atoms with Crippen LogP contribution in [0, 0.1) is 0 Å². The van der Waals surface area contributed by atoms with E-state index in [1.54, 1.807) is 0 Å². The maximum Gasteiger partial charge on any atom is 0.246 e. The van der Waals surface area contributed by atoms with Gasteiger partial charge in [0.15, 0.2) is 0 Å². The van der Waals surface area contributed by atoms with Crippen molar-refractivity contribution in [3.05, 3.63) is 21.3 Å². The number of nitrogens with one attached hydrogen (secondary N) is 1. The van der Waals surface area contributed by atoms with Crippen LogP contribution in [0.2, 0.25) is 4.34 Å². The molecule has 1 aliphatic rings. The molecule has 1 N–H and O–H groups in total. The number of nitrogens with zero attached hydrogens (tertiary/aromatic N) is 1. The Morgan fingerprint density at radius 1 is 1.67 bits per heavy atom. The van der Waals surface area contributed by atoms with Gasteiger partial charge in [-0.15, -0.1) is 11.3 Å². The second kappa shape index (κ2) is 2.88. The molecule has 0 saturated carbocycles. The predicted molar refractivity (Wildman–Crippen MR) is 48.6 cm³/mol. The summed E-state index contributed by atoms with van der Waals surface area (Å²) in [5, 5.41) is 5.76. The molecular weight excluding hydrogens is 196 g/mol. The van der Waals surface area contributed by atoms with E-state index in [-0.39, 0.29) is 5.91 Å². The Morgan fingerprint density at radius 3 is 3.00 bits per heavy atom. The molecule has 0 atom stereocenters. The Bertz CT molecular complexity index is 358. The van der Waals surface area contributed by atoms with Gasteiger partial charge >= 0.3 is 0 Å². The average molecular weight is 201 g/mol. The van der Waals surface area contributed by atoms with Crippen LogP contribution in [0.25, 0.3) is 0 Å². The molecule has 0 fully saturated rings. The summed E-state index contributed by atoms with van der Waals surface area (Å²) in [5.74, 6) is -0.0627. The Hall–Kier alpha value is -0.870. The van der Waals surface area contributed by atoms with E-state index in [0.717, 1.165) is 11.3 Å². The van der Waals surface area contributed by atoms with Crippen LogP contribution in [0.5, 0.6) is 0 Å². The van der Waals surface area contributed by atoms with Crippen molar-refractivity contribution in [1.82, 2.24) is 5.43 Å². The number of carbonyl (C=O) groups excluding carboxylic acids is 1. The third-order valence-corrected chi connectivity index (χ3v) is 2.64.